The Morgan fingerprint density at radius 3 is 1.21 bits per heavy atom. The Balaban J connectivity index is 1.80. The van der Waals surface area contributed by atoms with Crippen molar-refractivity contribution in [2.75, 3.05) is 0 Å². The number of ether oxygens (including phenoxy) is 3. The third-order valence-corrected chi connectivity index (χ3v) is 6.87. The van der Waals surface area contributed by atoms with E-state index in [1.54, 1.807) is 18.2 Å². The van der Waals surface area contributed by atoms with Gasteiger partial charge in [-0.15, -0.1) is 0 Å². The minimum Gasteiger partial charge on any atom is -0.426 e. The SMILES string of the molecule is CC(=O)Oc1cccc2[nH]c3c4[nH]c5cccc(OC(C)=O)c5c4c4c([nH]c5cccc(OC(C)=O)c54)c3c12. The lowest BCUT2D eigenvalue weighted by Gasteiger charge is -2.07. The van der Waals surface area contributed by atoms with Crippen LogP contribution >= 0.6 is 0 Å². The number of hydrogen-bond donors (Lipinski definition) is 3. The van der Waals surface area contributed by atoms with E-state index in [1.807, 2.05) is 36.4 Å². The molecule has 0 aliphatic heterocycles. The van der Waals surface area contributed by atoms with Gasteiger partial charge in [0.1, 0.15) is 17.2 Å². The van der Waals surface area contributed by atoms with Gasteiger partial charge in [-0.2, -0.15) is 0 Å². The Hall–Kier alpha value is -5.31. The number of aromatic amines is 3. The van der Waals surface area contributed by atoms with Crippen LogP contribution in [0.4, 0.5) is 0 Å². The first-order valence-corrected chi connectivity index (χ1v) is 12.3. The van der Waals surface area contributed by atoms with Crippen LogP contribution in [0.2, 0.25) is 0 Å². The number of carbonyl (C=O) groups is 3. The Morgan fingerprint density at radius 1 is 0.462 bits per heavy atom. The Bertz CT molecular complexity index is 2200. The van der Waals surface area contributed by atoms with Gasteiger partial charge in [0.05, 0.1) is 49.3 Å². The van der Waals surface area contributed by atoms with Gasteiger partial charge in [0.15, 0.2) is 0 Å². The summed E-state index contributed by atoms with van der Waals surface area (Å²) in [6.07, 6.45) is 0. The van der Waals surface area contributed by atoms with Crippen LogP contribution in [0.5, 0.6) is 17.2 Å². The molecule has 0 fully saturated rings. The number of carbonyl (C=O) groups excluding carboxylic acids is 3. The average molecular weight is 520 g/mol. The normalized spacial score (nSPS) is 11.8. The number of hydrogen-bond acceptors (Lipinski definition) is 6. The van der Waals surface area contributed by atoms with Gasteiger partial charge in [-0.05, 0) is 36.4 Å². The van der Waals surface area contributed by atoms with Crippen molar-refractivity contribution in [3.8, 4) is 17.2 Å². The monoisotopic (exact) mass is 519 g/mol. The fraction of sp³-hybridized carbons (Fsp3) is 0.100. The van der Waals surface area contributed by atoms with Gasteiger partial charge >= 0.3 is 17.9 Å². The maximum atomic E-state index is 12.1. The summed E-state index contributed by atoms with van der Waals surface area (Å²) in [4.78, 5) is 46.6. The first-order chi connectivity index (χ1) is 18.8. The Morgan fingerprint density at radius 2 is 0.795 bits per heavy atom. The minimum absolute atomic E-state index is 0.395. The van der Waals surface area contributed by atoms with Crippen LogP contribution in [-0.2, 0) is 14.4 Å². The van der Waals surface area contributed by atoms with Gasteiger partial charge in [0.25, 0.3) is 0 Å². The molecule has 39 heavy (non-hydrogen) atoms. The van der Waals surface area contributed by atoms with Crippen molar-refractivity contribution in [3.05, 3.63) is 54.6 Å². The molecule has 7 rings (SSSR count). The van der Waals surface area contributed by atoms with E-state index in [-0.39, 0.29) is 0 Å². The molecule has 0 saturated carbocycles. The molecule has 4 aromatic carbocycles. The van der Waals surface area contributed by atoms with E-state index in [4.69, 9.17) is 14.2 Å². The second-order valence-corrected chi connectivity index (χ2v) is 9.44. The molecule has 0 spiro atoms. The summed E-state index contributed by atoms with van der Waals surface area (Å²) in [7, 11) is 0. The smallest absolute Gasteiger partial charge is 0.308 e. The largest absolute Gasteiger partial charge is 0.426 e. The lowest BCUT2D eigenvalue weighted by atomic mass is 10.0. The molecule has 9 heteroatoms. The average Bonchev–Trinajstić information content (AvgIpc) is 3.55. The second kappa shape index (κ2) is 8.09. The van der Waals surface area contributed by atoms with E-state index in [0.717, 1.165) is 54.6 Å². The van der Waals surface area contributed by atoms with Crippen LogP contribution in [0.15, 0.2) is 54.6 Å². The summed E-state index contributed by atoms with van der Waals surface area (Å²) in [5.74, 6) is -0.0976. The quantitative estimate of drug-likeness (QED) is 0.184. The summed E-state index contributed by atoms with van der Waals surface area (Å²) in [5, 5.41) is 4.51. The van der Waals surface area contributed by atoms with Crippen molar-refractivity contribution < 1.29 is 28.6 Å². The molecule has 0 radical (unpaired) electrons. The number of fused-ring (bicyclic) bond motifs is 12. The van der Waals surface area contributed by atoms with E-state index in [2.05, 4.69) is 15.0 Å². The minimum atomic E-state index is -0.446. The summed E-state index contributed by atoms with van der Waals surface area (Å²) in [5.41, 5.74) is 4.56. The molecule has 0 unspecified atom stereocenters. The maximum Gasteiger partial charge on any atom is 0.308 e. The first kappa shape index (κ1) is 22.9. The van der Waals surface area contributed by atoms with Crippen molar-refractivity contribution in [1.29, 1.82) is 0 Å². The molecule has 3 heterocycles. The number of benzene rings is 4. The zero-order valence-corrected chi connectivity index (χ0v) is 21.1. The highest BCUT2D eigenvalue weighted by atomic mass is 16.5. The van der Waals surface area contributed by atoms with Crippen molar-refractivity contribution in [2.24, 2.45) is 0 Å². The zero-order chi connectivity index (χ0) is 27.0. The third kappa shape index (κ3) is 3.29. The maximum absolute atomic E-state index is 12.1. The van der Waals surface area contributed by atoms with Crippen molar-refractivity contribution >= 4 is 83.3 Å². The number of rotatable bonds is 3. The number of H-pyrrole nitrogens is 3. The Kier molecular flexibility index (Phi) is 4.74. The molecule has 3 N–H and O–H groups in total. The molecule has 7 aromatic rings. The highest BCUT2D eigenvalue weighted by molar-refractivity contribution is 6.40. The number of nitrogens with one attached hydrogen (secondary N) is 3. The van der Waals surface area contributed by atoms with Crippen LogP contribution in [0.25, 0.3) is 65.4 Å². The molecular formula is C30H21N3O6. The van der Waals surface area contributed by atoms with E-state index in [0.29, 0.717) is 28.0 Å². The molecule has 9 nitrogen and oxygen atoms in total. The van der Waals surface area contributed by atoms with Crippen molar-refractivity contribution in [1.82, 2.24) is 15.0 Å². The van der Waals surface area contributed by atoms with Crippen LogP contribution < -0.4 is 14.2 Å². The highest BCUT2D eigenvalue weighted by Gasteiger charge is 2.25. The molecule has 0 saturated heterocycles. The van der Waals surface area contributed by atoms with E-state index < -0.39 is 17.9 Å². The Labute approximate surface area is 219 Å². The van der Waals surface area contributed by atoms with Gasteiger partial charge in [-0.1, -0.05) is 18.2 Å². The highest BCUT2D eigenvalue weighted by Crippen LogP contribution is 2.49. The summed E-state index contributed by atoms with van der Waals surface area (Å²) >= 11 is 0. The zero-order valence-electron chi connectivity index (χ0n) is 21.1. The van der Waals surface area contributed by atoms with Gasteiger partial charge < -0.3 is 29.2 Å². The number of aromatic nitrogens is 3. The first-order valence-electron chi connectivity index (χ1n) is 12.3. The van der Waals surface area contributed by atoms with Gasteiger partial charge in [0.2, 0.25) is 0 Å². The van der Waals surface area contributed by atoms with Crippen LogP contribution in [-0.4, -0.2) is 32.9 Å². The van der Waals surface area contributed by atoms with Crippen molar-refractivity contribution in [3.63, 3.8) is 0 Å². The van der Waals surface area contributed by atoms with Gasteiger partial charge in [-0.25, -0.2) is 0 Å². The van der Waals surface area contributed by atoms with Crippen LogP contribution in [0, 0.1) is 0 Å². The molecule has 0 atom stereocenters. The fourth-order valence-corrected chi connectivity index (χ4v) is 5.68. The standard InChI is InChI=1S/C30H21N3O6/c1-13(34)37-19-10-4-7-16-22(19)25-26-23-17(8-5-11-20(23)38-14(2)35)32-29(26)30-27(28(25)31-16)24-18(33-30)9-6-12-21(24)39-15(3)36/h4-12,31-33H,1-3H3. The molecule has 0 amide bonds. The lowest BCUT2D eigenvalue weighted by molar-refractivity contribution is -0.132. The molecule has 192 valence electrons. The summed E-state index contributed by atoms with van der Waals surface area (Å²) < 4.78 is 16.9. The molecule has 3 aromatic heterocycles. The summed E-state index contributed by atoms with van der Waals surface area (Å²) in [6.45, 7) is 4.08. The van der Waals surface area contributed by atoms with E-state index in [1.165, 1.54) is 20.8 Å². The topological polar surface area (TPSA) is 126 Å². The molecule has 0 aliphatic carbocycles. The fourth-order valence-electron chi connectivity index (χ4n) is 5.68. The molecular weight excluding hydrogens is 498 g/mol. The van der Waals surface area contributed by atoms with E-state index >= 15 is 0 Å². The lowest BCUT2D eigenvalue weighted by Crippen LogP contribution is -2.01. The second-order valence-electron chi connectivity index (χ2n) is 9.44. The third-order valence-electron chi connectivity index (χ3n) is 6.87. The van der Waals surface area contributed by atoms with E-state index in [9.17, 15) is 14.4 Å². The van der Waals surface area contributed by atoms with Crippen molar-refractivity contribution in [2.45, 2.75) is 20.8 Å². The van der Waals surface area contributed by atoms with Crippen LogP contribution in [0.1, 0.15) is 20.8 Å². The predicted molar refractivity (Wildman–Crippen MR) is 148 cm³/mol. The molecule has 0 aliphatic rings. The summed E-state index contributed by atoms with van der Waals surface area (Å²) in [6, 6.07) is 16.4. The molecule has 0 bridgehead atoms. The van der Waals surface area contributed by atoms with Gasteiger partial charge in [-0.3, -0.25) is 14.4 Å². The van der Waals surface area contributed by atoms with Crippen LogP contribution in [0.3, 0.4) is 0 Å². The predicted octanol–water partition coefficient (Wildman–Crippen LogP) is 6.37. The number of esters is 3. The van der Waals surface area contributed by atoms with Gasteiger partial charge in [0, 0.05) is 36.9 Å².